The van der Waals surface area contributed by atoms with Crippen molar-refractivity contribution in [3.63, 3.8) is 0 Å². The smallest absolute Gasteiger partial charge is 0.269 e. The molecule has 0 unspecified atom stereocenters. The molecular weight excluding hydrogens is 492 g/mol. The number of aromatic nitrogens is 3. The zero-order valence-corrected chi connectivity index (χ0v) is 21.5. The predicted octanol–water partition coefficient (Wildman–Crippen LogP) is 5.85. The van der Waals surface area contributed by atoms with E-state index in [1.165, 1.54) is 17.6 Å². The molecule has 0 saturated carbocycles. The number of aliphatic imine (C=N–C) groups is 1. The molecule has 8 nitrogen and oxygen atoms in total. The topological polar surface area (TPSA) is 102 Å². The van der Waals surface area contributed by atoms with E-state index in [4.69, 9.17) is 11.6 Å². The SMILES string of the molecule is [C-]#[N+]c1cccc(Cc2cc(Nc3ccc(-c4nc(C)cs4)cc3S(C)(=O)=O)c3c(n2)CC(C)=N3)n1. The molecule has 1 N–H and O–H groups in total. The molecule has 4 aromatic rings. The van der Waals surface area contributed by atoms with Crippen LogP contribution in [0.15, 0.2) is 57.7 Å². The van der Waals surface area contributed by atoms with Crippen LogP contribution in [0, 0.1) is 13.5 Å². The van der Waals surface area contributed by atoms with Gasteiger partial charge in [0.2, 0.25) is 0 Å². The molecule has 0 fully saturated rings. The van der Waals surface area contributed by atoms with Gasteiger partial charge in [-0.15, -0.1) is 16.3 Å². The van der Waals surface area contributed by atoms with Crippen LogP contribution in [0.2, 0.25) is 0 Å². The fourth-order valence-corrected chi connectivity index (χ4v) is 5.72. The number of thiazole rings is 1. The molecule has 1 aliphatic heterocycles. The first-order chi connectivity index (χ1) is 17.2. The second-order valence-corrected chi connectivity index (χ2v) is 11.5. The summed E-state index contributed by atoms with van der Waals surface area (Å²) in [5.74, 6) is 0.333. The van der Waals surface area contributed by atoms with Crippen LogP contribution < -0.4 is 5.32 Å². The number of hydrogen-bond donors (Lipinski definition) is 1. The summed E-state index contributed by atoms with van der Waals surface area (Å²) in [6.45, 7) is 11.1. The molecule has 36 heavy (non-hydrogen) atoms. The lowest BCUT2D eigenvalue weighted by Crippen LogP contribution is -2.05. The van der Waals surface area contributed by atoms with E-state index in [1.54, 1.807) is 24.3 Å². The van der Waals surface area contributed by atoms with Crippen LogP contribution in [0.5, 0.6) is 0 Å². The fourth-order valence-electron chi connectivity index (χ4n) is 4.07. The highest BCUT2D eigenvalue weighted by molar-refractivity contribution is 7.90. The average Bonchev–Trinajstić information content (AvgIpc) is 3.43. The van der Waals surface area contributed by atoms with Crippen LogP contribution in [0.25, 0.3) is 15.4 Å². The van der Waals surface area contributed by atoms with Crippen LogP contribution in [0.4, 0.5) is 22.9 Å². The van der Waals surface area contributed by atoms with Crippen molar-refractivity contribution in [2.75, 3.05) is 11.6 Å². The highest BCUT2D eigenvalue weighted by Gasteiger charge is 2.22. The Morgan fingerprint density at radius 2 is 1.89 bits per heavy atom. The number of anilines is 2. The number of aryl methyl sites for hydroxylation is 1. The van der Waals surface area contributed by atoms with Crippen LogP contribution >= 0.6 is 11.3 Å². The summed E-state index contributed by atoms with van der Waals surface area (Å²) in [5.41, 5.74) is 6.73. The number of hydrogen-bond acceptors (Lipinski definition) is 8. The van der Waals surface area contributed by atoms with Crippen molar-refractivity contribution >= 4 is 49.8 Å². The lowest BCUT2D eigenvalue weighted by Gasteiger charge is -2.15. The molecule has 0 bridgehead atoms. The van der Waals surface area contributed by atoms with Crippen molar-refractivity contribution in [1.82, 2.24) is 15.0 Å². The van der Waals surface area contributed by atoms with E-state index < -0.39 is 9.84 Å². The van der Waals surface area contributed by atoms with Gasteiger partial charge in [0.1, 0.15) is 16.4 Å². The van der Waals surface area contributed by atoms with Crippen LogP contribution in [-0.2, 0) is 22.7 Å². The molecule has 0 radical (unpaired) electrons. The van der Waals surface area contributed by atoms with Crippen LogP contribution in [0.3, 0.4) is 0 Å². The molecule has 1 aromatic carbocycles. The largest absolute Gasteiger partial charge is 0.361 e. The van der Waals surface area contributed by atoms with Crippen molar-refractivity contribution in [3.05, 3.63) is 82.0 Å². The van der Waals surface area contributed by atoms with Crippen molar-refractivity contribution in [3.8, 4) is 10.6 Å². The Hall–Kier alpha value is -3.94. The molecule has 0 amide bonds. The number of rotatable bonds is 6. The van der Waals surface area contributed by atoms with Crippen molar-refractivity contribution < 1.29 is 8.42 Å². The summed E-state index contributed by atoms with van der Waals surface area (Å²) >= 11 is 1.48. The minimum atomic E-state index is -3.54. The Bertz CT molecular complexity index is 1680. The Balaban J connectivity index is 1.56. The third-order valence-corrected chi connectivity index (χ3v) is 7.78. The highest BCUT2D eigenvalue weighted by atomic mass is 32.2. The number of sulfone groups is 1. The van der Waals surface area contributed by atoms with E-state index in [2.05, 4.69) is 25.1 Å². The van der Waals surface area contributed by atoms with Gasteiger partial charge in [0.05, 0.1) is 34.1 Å². The zero-order valence-electron chi connectivity index (χ0n) is 19.9. The molecule has 0 spiro atoms. The first-order valence-electron chi connectivity index (χ1n) is 11.1. The molecule has 0 saturated heterocycles. The predicted molar refractivity (Wildman–Crippen MR) is 143 cm³/mol. The monoisotopic (exact) mass is 514 g/mol. The van der Waals surface area contributed by atoms with E-state index in [0.29, 0.717) is 35.7 Å². The standard InChI is InChI=1S/C26H22N6O2S2/c1-15-10-21-25(28-15)22(13-19(30-21)12-18-6-5-7-24(27-3)31-18)32-20-9-8-17(11-23(20)36(4,33)34)26-29-16(2)14-35-26/h5-9,11,13-14H,10,12H2,1-2,4H3,(H,30,32). The molecule has 180 valence electrons. The fraction of sp³-hybridized carbons (Fsp3) is 0.192. The number of benzene rings is 1. The number of pyridine rings is 2. The summed E-state index contributed by atoms with van der Waals surface area (Å²) in [4.78, 5) is 21.9. The number of nitrogens with one attached hydrogen (secondary N) is 1. The quantitative estimate of drug-likeness (QED) is 0.324. The van der Waals surface area contributed by atoms with Crippen LogP contribution in [0.1, 0.15) is 29.7 Å². The normalized spacial score (nSPS) is 12.7. The van der Waals surface area contributed by atoms with Crippen molar-refractivity contribution in [2.45, 2.75) is 31.6 Å². The highest BCUT2D eigenvalue weighted by Crippen LogP contribution is 2.39. The summed E-state index contributed by atoms with van der Waals surface area (Å²) < 4.78 is 25.5. The summed E-state index contributed by atoms with van der Waals surface area (Å²) in [6, 6.07) is 12.5. The second-order valence-electron chi connectivity index (χ2n) is 8.66. The molecule has 4 heterocycles. The van der Waals surface area contributed by atoms with Gasteiger partial charge >= 0.3 is 0 Å². The van der Waals surface area contributed by atoms with Crippen molar-refractivity contribution in [2.24, 2.45) is 4.99 Å². The van der Waals surface area contributed by atoms with E-state index >= 15 is 0 Å². The molecule has 1 aliphatic rings. The zero-order chi connectivity index (χ0) is 25.4. The number of fused-ring (bicyclic) bond motifs is 1. The van der Waals surface area contributed by atoms with Crippen molar-refractivity contribution in [1.29, 1.82) is 0 Å². The maximum Gasteiger partial charge on any atom is 0.269 e. The molecule has 10 heteroatoms. The first kappa shape index (κ1) is 23.8. The average molecular weight is 515 g/mol. The van der Waals surface area contributed by atoms with E-state index in [9.17, 15) is 8.42 Å². The van der Waals surface area contributed by atoms with Gasteiger partial charge < -0.3 is 10.2 Å². The Kier molecular flexibility index (Phi) is 6.12. The first-order valence-corrected chi connectivity index (χ1v) is 13.9. The Morgan fingerprint density at radius 3 is 2.61 bits per heavy atom. The molecule has 5 rings (SSSR count). The van der Waals surface area contributed by atoms with Gasteiger partial charge in [0.25, 0.3) is 5.82 Å². The van der Waals surface area contributed by atoms with Gasteiger partial charge in [-0.3, -0.25) is 9.98 Å². The van der Waals surface area contributed by atoms with E-state index in [-0.39, 0.29) is 4.90 Å². The second kappa shape index (κ2) is 9.26. The Labute approximate surface area is 213 Å². The molecule has 3 aromatic heterocycles. The minimum absolute atomic E-state index is 0.185. The van der Waals surface area contributed by atoms with Gasteiger partial charge in [-0.05, 0) is 50.2 Å². The third-order valence-electron chi connectivity index (χ3n) is 5.63. The van der Waals surface area contributed by atoms with Gasteiger partial charge in [-0.1, -0.05) is 12.6 Å². The maximum atomic E-state index is 12.8. The molecular formula is C26H22N6O2S2. The minimum Gasteiger partial charge on any atom is -0.361 e. The molecule has 0 atom stereocenters. The lowest BCUT2D eigenvalue weighted by molar-refractivity contribution is 0.602. The van der Waals surface area contributed by atoms with Gasteiger partial charge in [0, 0.05) is 35.0 Å². The third kappa shape index (κ3) is 4.89. The summed E-state index contributed by atoms with van der Waals surface area (Å²) in [7, 11) is -3.54. The Morgan fingerprint density at radius 1 is 1.06 bits per heavy atom. The van der Waals surface area contributed by atoms with Gasteiger partial charge in [-0.25, -0.2) is 13.4 Å². The van der Waals surface area contributed by atoms with Gasteiger partial charge in [0.15, 0.2) is 9.84 Å². The number of nitrogens with zero attached hydrogens (tertiary/aromatic N) is 5. The molecule has 0 aliphatic carbocycles. The summed E-state index contributed by atoms with van der Waals surface area (Å²) in [6.07, 6.45) is 2.26. The van der Waals surface area contributed by atoms with E-state index in [1.807, 2.05) is 37.4 Å². The van der Waals surface area contributed by atoms with Gasteiger partial charge in [-0.2, -0.15) is 0 Å². The maximum absolute atomic E-state index is 12.8. The lowest BCUT2D eigenvalue weighted by atomic mass is 10.1. The summed E-state index contributed by atoms with van der Waals surface area (Å²) in [5, 5.41) is 6.03. The van der Waals surface area contributed by atoms with E-state index in [0.717, 1.165) is 39.1 Å². The van der Waals surface area contributed by atoms with Crippen LogP contribution in [-0.4, -0.2) is 35.3 Å².